The van der Waals surface area contributed by atoms with Gasteiger partial charge in [-0.1, -0.05) is 26.8 Å². The fourth-order valence-electron chi connectivity index (χ4n) is 4.68. The number of nitrogens with zero attached hydrogens (tertiary/aromatic N) is 3. The number of pyridine rings is 1. The van der Waals surface area contributed by atoms with Crippen LogP contribution < -0.4 is 4.90 Å². The molecule has 1 aromatic rings. The van der Waals surface area contributed by atoms with Gasteiger partial charge in [-0.05, 0) is 42.7 Å². The van der Waals surface area contributed by atoms with Crippen LogP contribution >= 0.6 is 0 Å². The Hall–Kier alpha value is -1.17. The summed E-state index contributed by atoms with van der Waals surface area (Å²) in [6.45, 7) is 12.0. The van der Waals surface area contributed by atoms with Gasteiger partial charge in [0.25, 0.3) is 0 Å². The van der Waals surface area contributed by atoms with Gasteiger partial charge in [0.05, 0.1) is 18.8 Å². The molecule has 0 amide bonds. The zero-order chi connectivity index (χ0) is 18.6. The molecule has 1 aliphatic heterocycles. The van der Waals surface area contributed by atoms with Gasteiger partial charge in [0.15, 0.2) is 0 Å². The first kappa shape index (κ1) is 19.6. The number of piperazine rings is 1. The van der Waals surface area contributed by atoms with Gasteiger partial charge in [-0.25, -0.2) is 4.98 Å². The second-order valence-electron chi connectivity index (χ2n) is 9.00. The first-order chi connectivity index (χ1) is 12.4. The van der Waals surface area contributed by atoms with Gasteiger partial charge in [-0.15, -0.1) is 0 Å². The summed E-state index contributed by atoms with van der Waals surface area (Å²) in [6, 6.07) is 6.04. The van der Waals surface area contributed by atoms with Gasteiger partial charge in [0.2, 0.25) is 0 Å². The summed E-state index contributed by atoms with van der Waals surface area (Å²) in [5.74, 6) is 1.76. The molecular formula is C21H35N3O2. The molecule has 2 heterocycles. The van der Waals surface area contributed by atoms with E-state index in [1.54, 1.807) is 0 Å². The highest BCUT2D eigenvalue weighted by Gasteiger charge is 2.32. The maximum Gasteiger partial charge on any atom is 0.128 e. The van der Waals surface area contributed by atoms with Gasteiger partial charge in [-0.3, -0.25) is 4.90 Å². The Balaban J connectivity index is 1.37. The molecule has 26 heavy (non-hydrogen) atoms. The van der Waals surface area contributed by atoms with Crippen molar-refractivity contribution in [1.82, 2.24) is 9.88 Å². The van der Waals surface area contributed by atoms with Crippen LogP contribution in [0.15, 0.2) is 24.4 Å². The van der Waals surface area contributed by atoms with Crippen molar-refractivity contribution in [3.63, 3.8) is 0 Å². The van der Waals surface area contributed by atoms with Gasteiger partial charge in [0, 0.05) is 38.9 Å². The SMILES string of the molecule is C[C@H]1C[C@H](OC[C@@H](O)CN2CCN(c3ccccn3)CC2)CC(C)(C)C1. The number of aliphatic hydroxyl groups is 1. The zero-order valence-electron chi connectivity index (χ0n) is 16.6. The monoisotopic (exact) mass is 361 g/mol. The van der Waals surface area contributed by atoms with Crippen LogP contribution in [0.25, 0.3) is 0 Å². The quantitative estimate of drug-likeness (QED) is 0.844. The van der Waals surface area contributed by atoms with Crippen molar-refractivity contribution in [2.24, 2.45) is 11.3 Å². The van der Waals surface area contributed by atoms with E-state index in [0.717, 1.165) is 44.8 Å². The summed E-state index contributed by atoms with van der Waals surface area (Å²) in [5, 5.41) is 10.4. The molecule has 0 spiro atoms. The van der Waals surface area contributed by atoms with Crippen molar-refractivity contribution >= 4 is 5.82 Å². The highest BCUT2D eigenvalue weighted by Crippen LogP contribution is 2.39. The fourth-order valence-corrected chi connectivity index (χ4v) is 4.68. The third-order valence-corrected chi connectivity index (χ3v) is 5.69. The number of anilines is 1. The average Bonchev–Trinajstić information content (AvgIpc) is 2.60. The molecule has 146 valence electrons. The highest BCUT2D eigenvalue weighted by atomic mass is 16.5. The highest BCUT2D eigenvalue weighted by molar-refractivity contribution is 5.38. The minimum Gasteiger partial charge on any atom is -0.389 e. The predicted octanol–water partition coefficient (Wildman–Crippen LogP) is 2.80. The number of rotatable bonds is 6. The Morgan fingerprint density at radius 1 is 1.23 bits per heavy atom. The standard InChI is InChI=1S/C21H35N3O2/c1-17-12-19(14-21(2,3)13-17)26-16-18(25)15-23-8-10-24(11-9-23)20-6-4-5-7-22-20/h4-7,17-19,25H,8-16H2,1-3H3/t17-,18-,19-/m0/s1. The first-order valence-corrected chi connectivity index (χ1v) is 10.1. The molecule has 1 aromatic heterocycles. The van der Waals surface area contributed by atoms with Crippen molar-refractivity contribution in [3.8, 4) is 0 Å². The lowest BCUT2D eigenvalue weighted by atomic mass is 9.71. The topological polar surface area (TPSA) is 48.8 Å². The number of ether oxygens (including phenoxy) is 1. The number of aromatic nitrogens is 1. The number of hydrogen-bond acceptors (Lipinski definition) is 5. The van der Waals surface area contributed by atoms with E-state index in [2.05, 4.69) is 41.6 Å². The fraction of sp³-hybridized carbons (Fsp3) is 0.762. The molecule has 3 atom stereocenters. The lowest BCUT2D eigenvalue weighted by molar-refractivity contribution is -0.0615. The number of hydrogen-bond donors (Lipinski definition) is 1. The maximum absolute atomic E-state index is 10.4. The van der Waals surface area contributed by atoms with E-state index in [1.165, 1.54) is 6.42 Å². The molecule has 3 rings (SSSR count). The smallest absolute Gasteiger partial charge is 0.128 e. The average molecular weight is 362 g/mol. The summed E-state index contributed by atoms with van der Waals surface area (Å²) >= 11 is 0. The minimum atomic E-state index is -0.406. The van der Waals surface area contributed by atoms with Gasteiger partial charge in [-0.2, -0.15) is 0 Å². The van der Waals surface area contributed by atoms with Crippen LogP contribution in [0.1, 0.15) is 40.0 Å². The third-order valence-electron chi connectivity index (χ3n) is 5.69. The van der Waals surface area contributed by atoms with Crippen LogP contribution in [0.3, 0.4) is 0 Å². The Bertz CT molecular complexity index is 543. The van der Waals surface area contributed by atoms with E-state index in [0.29, 0.717) is 30.6 Å². The molecule has 1 aliphatic carbocycles. The summed E-state index contributed by atoms with van der Waals surface area (Å²) in [4.78, 5) is 9.07. The van der Waals surface area contributed by atoms with Crippen molar-refractivity contribution in [2.45, 2.75) is 52.2 Å². The van der Waals surface area contributed by atoms with Crippen LogP contribution in [0.4, 0.5) is 5.82 Å². The van der Waals surface area contributed by atoms with E-state index in [9.17, 15) is 5.11 Å². The van der Waals surface area contributed by atoms with Gasteiger partial charge < -0.3 is 14.7 Å². The van der Waals surface area contributed by atoms with Crippen LogP contribution in [-0.2, 0) is 4.74 Å². The van der Waals surface area contributed by atoms with Gasteiger partial charge >= 0.3 is 0 Å². The van der Waals surface area contributed by atoms with E-state index < -0.39 is 6.10 Å². The zero-order valence-corrected chi connectivity index (χ0v) is 16.6. The lowest BCUT2D eigenvalue weighted by Gasteiger charge is -2.39. The Kier molecular flexibility index (Phi) is 6.54. The molecule has 0 aromatic carbocycles. The third kappa shape index (κ3) is 5.66. The lowest BCUT2D eigenvalue weighted by Crippen LogP contribution is -2.49. The van der Waals surface area contributed by atoms with Crippen molar-refractivity contribution < 1.29 is 9.84 Å². The van der Waals surface area contributed by atoms with Crippen LogP contribution in [0.5, 0.6) is 0 Å². The van der Waals surface area contributed by atoms with E-state index in [1.807, 2.05) is 18.3 Å². The molecule has 2 fully saturated rings. The molecule has 2 aliphatic rings. The van der Waals surface area contributed by atoms with E-state index in [-0.39, 0.29) is 0 Å². The van der Waals surface area contributed by atoms with Crippen LogP contribution in [0, 0.1) is 11.3 Å². The maximum atomic E-state index is 10.4. The minimum absolute atomic E-state index is 0.296. The molecule has 1 N–H and O–H groups in total. The number of aliphatic hydroxyl groups excluding tert-OH is 1. The molecule has 5 nitrogen and oxygen atoms in total. The largest absolute Gasteiger partial charge is 0.389 e. The van der Waals surface area contributed by atoms with Gasteiger partial charge in [0.1, 0.15) is 5.82 Å². The summed E-state index contributed by atoms with van der Waals surface area (Å²) in [5.41, 5.74) is 0.356. The predicted molar refractivity (Wildman–Crippen MR) is 105 cm³/mol. The normalized spacial score (nSPS) is 28.1. The second-order valence-corrected chi connectivity index (χ2v) is 9.00. The van der Waals surface area contributed by atoms with E-state index in [4.69, 9.17) is 4.74 Å². The second kappa shape index (κ2) is 8.68. The Labute approximate surface area is 158 Å². The molecule has 0 radical (unpaired) electrons. The number of β-amino-alcohol motifs (C(OH)–C–C–N with tert-alkyl or cyclic N) is 1. The van der Waals surface area contributed by atoms with Crippen molar-refractivity contribution in [3.05, 3.63) is 24.4 Å². The Morgan fingerprint density at radius 3 is 2.65 bits per heavy atom. The molecule has 5 heteroatoms. The molecule has 0 bridgehead atoms. The van der Waals surface area contributed by atoms with E-state index >= 15 is 0 Å². The molecular weight excluding hydrogens is 326 g/mol. The molecule has 0 unspecified atom stereocenters. The first-order valence-electron chi connectivity index (χ1n) is 10.1. The summed E-state index contributed by atoms with van der Waals surface area (Å²) in [7, 11) is 0. The molecule has 1 saturated carbocycles. The molecule has 1 saturated heterocycles. The summed E-state index contributed by atoms with van der Waals surface area (Å²) in [6.07, 6.45) is 5.24. The summed E-state index contributed by atoms with van der Waals surface area (Å²) < 4.78 is 6.09. The van der Waals surface area contributed by atoms with Crippen LogP contribution in [-0.4, -0.2) is 66.5 Å². The van der Waals surface area contributed by atoms with Crippen molar-refractivity contribution in [2.75, 3.05) is 44.2 Å². The van der Waals surface area contributed by atoms with Crippen molar-refractivity contribution in [1.29, 1.82) is 0 Å². The van der Waals surface area contributed by atoms with Crippen LogP contribution in [0.2, 0.25) is 0 Å². The Morgan fingerprint density at radius 2 is 2.00 bits per heavy atom.